The van der Waals surface area contributed by atoms with E-state index < -0.39 is 0 Å². The predicted molar refractivity (Wildman–Crippen MR) is 83.6 cm³/mol. The van der Waals surface area contributed by atoms with Crippen LogP contribution in [0.5, 0.6) is 0 Å². The summed E-state index contributed by atoms with van der Waals surface area (Å²) in [7, 11) is 2.26. The normalized spacial score (nSPS) is 24.7. The fraction of sp³-hybridized carbons (Fsp3) is 0.938. The van der Waals surface area contributed by atoms with Crippen molar-refractivity contribution in [2.75, 3.05) is 13.6 Å². The zero-order valence-electron chi connectivity index (χ0n) is 13.3. The number of nitrogens with one attached hydrogen (secondary N) is 1. The molecule has 0 atom stereocenters. The van der Waals surface area contributed by atoms with Gasteiger partial charge < -0.3 is 10.6 Å². The van der Waals surface area contributed by atoms with Crippen LogP contribution in [-0.4, -0.2) is 30.4 Å². The minimum absolute atomic E-state index is 0.138. The Bertz CT molecular complexity index is 278. The molecule has 0 bridgehead atoms. The molecule has 0 unspecified atom stereocenters. The third-order valence-electron chi connectivity index (χ3n) is 5.06. The molecule has 0 heterocycles. The average molecular weight is 267 g/mol. The molecular formula is C16H33N3. The van der Waals surface area contributed by atoms with Crippen molar-refractivity contribution >= 4 is 5.84 Å². The van der Waals surface area contributed by atoms with Crippen LogP contribution < -0.4 is 5.73 Å². The molecule has 0 spiro atoms. The molecule has 0 aliphatic heterocycles. The Morgan fingerprint density at radius 3 is 2.32 bits per heavy atom. The summed E-state index contributed by atoms with van der Waals surface area (Å²) < 4.78 is 0. The Morgan fingerprint density at radius 2 is 1.84 bits per heavy atom. The summed E-state index contributed by atoms with van der Waals surface area (Å²) in [4.78, 5) is 2.53. The monoisotopic (exact) mass is 267 g/mol. The van der Waals surface area contributed by atoms with Crippen molar-refractivity contribution in [3.63, 3.8) is 0 Å². The van der Waals surface area contributed by atoms with Crippen LogP contribution in [-0.2, 0) is 0 Å². The van der Waals surface area contributed by atoms with Gasteiger partial charge in [0.2, 0.25) is 0 Å². The van der Waals surface area contributed by atoms with Gasteiger partial charge in [-0.25, -0.2) is 0 Å². The van der Waals surface area contributed by atoms with Crippen LogP contribution in [0.2, 0.25) is 0 Å². The van der Waals surface area contributed by atoms with Crippen molar-refractivity contribution in [3.05, 3.63) is 0 Å². The number of nitrogens with two attached hydrogens (primary N) is 1. The Morgan fingerprint density at radius 1 is 1.26 bits per heavy atom. The third kappa shape index (κ3) is 5.13. The molecule has 3 nitrogen and oxygen atoms in total. The summed E-state index contributed by atoms with van der Waals surface area (Å²) >= 11 is 0. The van der Waals surface area contributed by atoms with E-state index in [0.717, 1.165) is 31.3 Å². The molecule has 1 rings (SSSR count). The third-order valence-corrected chi connectivity index (χ3v) is 5.06. The van der Waals surface area contributed by atoms with E-state index in [0.29, 0.717) is 5.84 Å². The number of hydrogen-bond donors (Lipinski definition) is 2. The first kappa shape index (κ1) is 16.5. The average Bonchev–Trinajstić information content (AvgIpc) is 2.38. The van der Waals surface area contributed by atoms with Gasteiger partial charge >= 0.3 is 0 Å². The van der Waals surface area contributed by atoms with Crippen molar-refractivity contribution in [1.82, 2.24) is 4.90 Å². The Labute approximate surface area is 119 Å². The molecule has 3 N–H and O–H groups in total. The smallest absolute Gasteiger partial charge is 0.0963 e. The number of rotatable bonds is 7. The summed E-state index contributed by atoms with van der Waals surface area (Å²) in [6, 6.07) is 0.781. The summed E-state index contributed by atoms with van der Waals surface area (Å²) in [6.07, 6.45) is 9.04. The van der Waals surface area contributed by atoms with Crippen LogP contribution in [0, 0.1) is 16.7 Å². The zero-order valence-corrected chi connectivity index (χ0v) is 13.3. The van der Waals surface area contributed by atoms with E-state index in [1.54, 1.807) is 0 Å². The molecule has 1 saturated carbocycles. The number of hydrogen-bond acceptors (Lipinski definition) is 2. The quantitative estimate of drug-likeness (QED) is 0.546. The lowest BCUT2D eigenvalue weighted by molar-refractivity contribution is 0.158. The van der Waals surface area contributed by atoms with Crippen molar-refractivity contribution in [2.45, 2.75) is 71.8 Å². The van der Waals surface area contributed by atoms with E-state index in [1.807, 2.05) is 0 Å². The minimum atomic E-state index is -0.138. The van der Waals surface area contributed by atoms with Gasteiger partial charge in [-0.3, -0.25) is 5.41 Å². The predicted octanol–water partition coefficient (Wildman–Crippen LogP) is 3.63. The molecule has 112 valence electrons. The van der Waals surface area contributed by atoms with Crippen molar-refractivity contribution in [1.29, 1.82) is 5.41 Å². The lowest BCUT2D eigenvalue weighted by Gasteiger charge is -2.35. The van der Waals surface area contributed by atoms with Crippen LogP contribution in [0.4, 0.5) is 0 Å². The van der Waals surface area contributed by atoms with Crippen LogP contribution >= 0.6 is 0 Å². The SMILES string of the molecule is CCC1CCC(N(C)CCCC(C)(C)C(=N)N)CC1. The minimum Gasteiger partial charge on any atom is -0.387 e. The second-order valence-electron chi connectivity index (χ2n) is 6.96. The Balaban J connectivity index is 2.25. The zero-order chi connectivity index (χ0) is 14.5. The fourth-order valence-electron chi connectivity index (χ4n) is 3.08. The standard InChI is InChI=1S/C16H33N3/c1-5-13-7-9-14(10-8-13)19(4)12-6-11-16(2,3)15(17)18/h13-14H,5-12H2,1-4H3,(H3,17,18). The lowest BCUT2D eigenvalue weighted by Crippen LogP contribution is -2.37. The highest BCUT2D eigenvalue weighted by Gasteiger charge is 2.24. The highest BCUT2D eigenvalue weighted by Crippen LogP contribution is 2.29. The molecule has 3 heteroatoms. The number of amidine groups is 1. The van der Waals surface area contributed by atoms with Gasteiger partial charge in [0.25, 0.3) is 0 Å². The summed E-state index contributed by atoms with van der Waals surface area (Å²) in [5.41, 5.74) is 5.49. The van der Waals surface area contributed by atoms with Crippen LogP contribution in [0.25, 0.3) is 0 Å². The molecule has 0 saturated heterocycles. The first-order valence-electron chi connectivity index (χ1n) is 7.91. The van der Waals surface area contributed by atoms with E-state index in [2.05, 4.69) is 32.7 Å². The van der Waals surface area contributed by atoms with Gasteiger partial charge in [-0.1, -0.05) is 27.2 Å². The van der Waals surface area contributed by atoms with Crippen molar-refractivity contribution < 1.29 is 0 Å². The van der Waals surface area contributed by atoms with Gasteiger partial charge in [-0.2, -0.15) is 0 Å². The fourth-order valence-corrected chi connectivity index (χ4v) is 3.08. The molecule has 1 aliphatic carbocycles. The van der Waals surface area contributed by atoms with Gasteiger partial charge in [-0.05, 0) is 58.0 Å². The van der Waals surface area contributed by atoms with E-state index in [-0.39, 0.29) is 5.41 Å². The van der Waals surface area contributed by atoms with E-state index in [1.165, 1.54) is 32.1 Å². The summed E-state index contributed by atoms with van der Waals surface area (Å²) in [5, 5.41) is 7.59. The molecule has 19 heavy (non-hydrogen) atoms. The molecule has 0 aromatic heterocycles. The molecule has 1 aliphatic rings. The summed E-state index contributed by atoms with van der Waals surface area (Å²) in [6.45, 7) is 7.60. The van der Waals surface area contributed by atoms with Gasteiger partial charge in [0.15, 0.2) is 0 Å². The largest absolute Gasteiger partial charge is 0.387 e. The highest BCUT2D eigenvalue weighted by molar-refractivity contribution is 5.82. The first-order chi connectivity index (χ1) is 8.86. The molecular weight excluding hydrogens is 234 g/mol. The van der Waals surface area contributed by atoms with E-state index in [4.69, 9.17) is 11.1 Å². The maximum Gasteiger partial charge on any atom is 0.0963 e. The second-order valence-corrected chi connectivity index (χ2v) is 6.96. The topological polar surface area (TPSA) is 53.1 Å². The Kier molecular flexibility index (Phi) is 6.31. The molecule has 0 aromatic carbocycles. The summed E-state index contributed by atoms with van der Waals surface area (Å²) in [5.74, 6) is 1.29. The molecule has 1 fully saturated rings. The van der Waals surface area contributed by atoms with Crippen molar-refractivity contribution in [2.24, 2.45) is 17.1 Å². The van der Waals surface area contributed by atoms with Gasteiger partial charge in [0.1, 0.15) is 0 Å². The molecule has 0 amide bonds. The maximum absolute atomic E-state index is 7.59. The molecule has 0 aromatic rings. The Hall–Kier alpha value is -0.570. The van der Waals surface area contributed by atoms with Crippen LogP contribution in [0.15, 0.2) is 0 Å². The number of nitrogens with zero attached hydrogens (tertiary/aromatic N) is 1. The van der Waals surface area contributed by atoms with Gasteiger partial charge in [0.05, 0.1) is 5.84 Å². The van der Waals surface area contributed by atoms with E-state index >= 15 is 0 Å². The van der Waals surface area contributed by atoms with E-state index in [9.17, 15) is 0 Å². The van der Waals surface area contributed by atoms with Crippen LogP contribution in [0.1, 0.15) is 65.7 Å². The first-order valence-corrected chi connectivity index (χ1v) is 7.91. The molecule has 0 radical (unpaired) electrons. The maximum atomic E-state index is 7.59. The van der Waals surface area contributed by atoms with Gasteiger partial charge in [-0.15, -0.1) is 0 Å². The lowest BCUT2D eigenvalue weighted by atomic mass is 9.83. The van der Waals surface area contributed by atoms with Crippen LogP contribution in [0.3, 0.4) is 0 Å². The van der Waals surface area contributed by atoms with Gasteiger partial charge in [0, 0.05) is 11.5 Å². The second kappa shape index (κ2) is 7.28. The van der Waals surface area contributed by atoms with Crippen molar-refractivity contribution in [3.8, 4) is 0 Å². The highest BCUT2D eigenvalue weighted by atomic mass is 15.1.